The van der Waals surface area contributed by atoms with Gasteiger partial charge in [0.2, 0.25) is 5.91 Å². The normalized spacial score (nSPS) is 12.5. The molecule has 0 aliphatic heterocycles. The lowest BCUT2D eigenvalue weighted by molar-refractivity contribution is -0.143. The lowest BCUT2D eigenvalue weighted by Gasteiger charge is -2.32. The molecule has 2 amide bonds. The van der Waals surface area contributed by atoms with E-state index in [0.29, 0.717) is 27.8 Å². The summed E-state index contributed by atoms with van der Waals surface area (Å²) in [5.41, 5.74) is 2.73. The fourth-order valence-corrected chi connectivity index (χ4v) is 4.16. The van der Waals surface area contributed by atoms with Crippen LogP contribution in [-0.2, 0) is 22.6 Å². The number of rotatable bonds is 11. The van der Waals surface area contributed by atoms with Crippen LogP contribution in [0.25, 0.3) is 0 Å². The Bertz CT molecular complexity index is 1150. The molecule has 1 N–H and O–H groups in total. The van der Waals surface area contributed by atoms with Gasteiger partial charge in [0.25, 0.3) is 5.91 Å². The number of nitrogens with zero attached hydrogens (tertiary/aromatic N) is 1. The number of hydrogen-bond donors (Lipinski definition) is 1. The highest BCUT2D eigenvalue weighted by atomic mass is 35.5. The zero-order valence-electron chi connectivity index (χ0n) is 20.8. The van der Waals surface area contributed by atoms with E-state index in [1.165, 1.54) is 0 Å². The fraction of sp³-hybridized carbons (Fsp3) is 0.310. The average Bonchev–Trinajstić information content (AvgIpc) is 2.87. The number of halogens is 2. The maximum Gasteiger partial charge on any atom is 0.261 e. The first kappa shape index (κ1) is 27.6. The molecule has 3 rings (SSSR count). The molecule has 0 heterocycles. The predicted molar refractivity (Wildman–Crippen MR) is 146 cm³/mol. The zero-order valence-corrected chi connectivity index (χ0v) is 22.4. The number of carbonyl (C=O) groups is 2. The summed E-state index contributed by atoms with van der Waals surface area (Å²) in [5, 5.41) is 3.98. The molecule has 0 fully saturated rings. The monoisotopic (exact) mass is 526 g/mol. The van der Waals surface area contributed by atoms with E-state index in [2.05, 4.69) is 5.32 Å². The number of ether oxygens (including phenoxy) is 1. The van der Waals surface area contributed by atoms with Gasteiger partial charge < -0.3 is 15.0 Å². The summed E-state index contributed by atoms with van der Waals surface area (Å²) >= 11 is 12.6. The Morgan fingerprint density at radius 3 is 2.33 bits per heavy atom. The minimum atomic E-state index is -0.762. The van der Waals surface area contributed by atoms with Crippen LogP contribution in [0, 0.1) is 6.92 Å². The zero-order chi connectivity index (χ0) is 26.1. The van der Waals surface area contributed by atoms with Gasteiger partial charge >= 0.3 is 0 Å². The number of nitrogens with one attached hydrogen (secondary N) is 1. The first-order valence-corrected chi connectivity index (χ1v) is 12.8. The van der Waals surface area contributed by atoms with Crippen molar-refractivity contribution in [2.75, 3.05) is 6.61 Å². The van der Waals surface area contributed by atoms with E-state index in [0.717, 1.165) is 17.5 Å². The topological polar surface area (TPSA) is 58.6 Å². The Balaban J connectivity index is 1.93. The molecule has 2 atom stereocenters. The van der Waals surface area contributed by atoms with Gasteiger partial charge in [0.05, 0.1) is 0 Å². The van der Waals surface area contributed by atoms with Crippen molar-refractivity contribution < 1.29 is 14.3 Å². The van der Waals surface area contributed by atoms with Crippen LogP contribution in [0.5, 0.6) is 5.75 Å². The smallest absolute Gasteiger partial charge is 0.261 e. The summed E-state index contributed by atoms with van der Waals surface area (Å²) in [7, 11) is 0. The molecule has 0 saturated carbocycles. The Kier molecular flexibility index (Phi) is 10.2. The first-order chi connectivity index (χ1) is 17.3. The second kappa shape index (κ2) is 13.3. The van der Waals surface area contributed by atoms with Crippen LogP contribution in [0.4, 0.5) is 0 Å². The minimum absolute atomic E-state index is 0.0318. The quantitative estimate of drug-likeness (QED) is 0.322. The van der Waals surface area contributed by atoms with E-state index in [1.807, 2.05) is 75.4 Å². The summed E-state index contributed by atoms with van der Waals surface area (Å²) in [4.78, 5) is 28.7. The number of carbonyl (C=O) groups excluding carboxylic acids is 2. The molecule has 0 radical (unpaired) electrons. The molecule has 0 saturated heterocycles. The second-order valence-corrected chi connectivity index (χ2v) is 9.73. The summed E-state index contributed by atoms with van der Waals surface area (Å²) in [5.74, 6) is 0.0471. The first-order valence-electron chi connectivity index (χ1n) is 12.0. The van der Waals surface area contributed by atoms with Crippen LogP contribution in [-0.4, -0.2) is 35.4 Å². The Morgan fingerprint density at radius 1 is 1.00 bits per heavy atom. The van der Waals surface area contributed by atoms with Crippen molar-refractivity contribution in [3.63, 3.8) is 0 Å². The van der Waals surface area contributed by atoms with Crippen molar-refractivity contribution in [1.29, 1.82) is 0 Å². The number of amides is 2. The third kappa shape index (κ3) is 8.00. The predicted octanol–water partition coefficient (Wildman–Crippen LogP) is 6.24. The van der Waals surface area contributed by atoms with Crippen molar-refractivity contribution in [3.05, 3.63) is 99.5 Å². The van der Waals surface area contributed by atoms with Crippen molar-refractivity contribution in [1.82, 2.24) is 10.2 Å². The molecule has 5 nitrogen and oxygen atoms in total. The van der Waals surface area contributed by atoms with E-state index in [4.69, 9.17) is 27.9 Å². The van der Waals surface area contributed by atoms with Gasteiger partial charge in [-0.3, -0.25) is 9.59 Å². The van der Waals surface area contributed by atoms with Gasteiger partial charge in [-0.1, -0.05) is 84.2 Å². The minimum Gasteiger partial charge on any atom is -0.484 e. The number of hydrogen-bond acceptors (Lipinski definition) is 3. The summed E-state index contributed by atoms with van der Waals surface area (Å²) < 4.78 is 5.80. The molecule has 3 aromatic carbocycles. The van der Waals surface area contributed by atoms with Crippen LogP contribution in [0.3, 0.4) is 0 Å². The maximum absolute atomic E-state index is 13.6. The van der Waals surface area contributed by atoms with Crippen molar-refractivity contribution in [2.24, 2.45) is 0 Å². The molecule has 3 aromatic rings. The number of aryl methyl sites for hydroxylation is 1. The maximum atomic E-state index is 13.6. The lowest BCUT2D eigenvalue weighted by atomic mass is 10.0. The van der Waals surface area contributed by atoms with E-state index in [-0.39, 0.29) is 31.0 Å². The molecule has 7 heteroatoms. The SMILES string of the molecule is CC[C@@H](C)NC(=O)[C@H](Cc1ccccc1)N(Cc1ccc(Cl)cc1Cl)C(=O)COc1ccc(C)cc1. The van der Waals surface area contributed by atoms with Crippen molar-refractivity contribution in [2.45, 2.75) is 52.2 Å². The van der Waals surface area contributed by atoms with E-state index in [1.54, 1.807) is 23.1 Å². The van der Waals surface area contributed by atoms with E-state index < -0.39 is 6.04 Å². The van der Waals surface area contributed by atoms with Crippen molar-refractivity contribution >= 4 is 35.0 Å². The highest BCUT2D eigenvalue weighted by Gasteiger charge is 2.31. The average molecular weight is 527 g/mol. The van der Waals surface area contributed by atoms with E-state index in [9.17, 15) is 9.59 Å². The summed E-state index contributed by atoms with van der Waals surface area (Å²) in [6.07, 6.45) is 1.13. The van der Waals surface area contributed by atoms with Gasteiger partial charge in [-0.2, -0.15) is 0 Å². The standard InChI is InChI=1S/C29H32Cl2N2O3/c1-4-21(3)32-29(35)27(16-22-8-6-5-7-9-22)33(18-23-12-13-24(30)17-26(23)31)28(34)19-36-25-14-10-20(2)11-15-25/h5-15,17,21,27H,4,16,18-19H2,1-3H3,(H,32,35)/t21-,27+/m1/s1. The Hall–Kier alpha value is -3.02. The largest absolute Gasteiger partial charge is 0.484 e. The third-order valence-electron chi connectivity index (χ3n) is 6.01. The van der Waals surface area contributed by atoms with Gasteiger partial charge in [-0.25, -0.2) is 0 Å². The summed E-state index contributed by atoms with van der Waals surface area (Å²) in [6, 6.07) is 21.5. The van der Waals surface area contributed by atoms with Crippen LogP contribution in [0.15, 0.2) is 72.8 Å². The fourth-order valence-electron chi connectivity index (χ4n) is 3.69. The van der Waals surface area contributed by atoms with Crippen LogP contribution < -0.4 is 10.1 Å². The van der Waals surface area contributed by atoms with Gasteiger partial charge in [-0.05, 0) is 55.7 Å². The van der Waals surface area contributed by atoms with Gasteiger partial charge in [0.1, 0.15) is 11.8 Å². The van der Waals surface area contributed by atoms with Gasteiger partial charge in [0, 0.05) is 29.1 Å². The van der Waals surface area contributed by atoms with Gasteiger partial charge in [0.15, 0.2) is 6.61 Å². The lowest BCUT2D eigenvalue weighted by Crippen LogP contribution is -2.53. The molecule has 0 aliphatic carbocycles. The third-order valence-corrected chi connectivity index (χ3v) is 6.60. The van der Waals surface area contributed by atoms with Gasteiger partial charge in [-0.15, -0.1) is 0 Å². The Morgan fingerprint density at radius 2 is 1.69 bits per heavy atom. The van der Waals surface area contributed by atoms with Crippen LogP contribution in [0.1, 0.15) is 37.0 Å². The molecular weight excluding hydrogens is 495 g/mol. The molecule has 0 aromatic heterocycles. The van der Waals surface area contributed by atoms with Crippen molar-refractivity contribution in [3.8, 4) is 5.75 Å². The molecular formula is C29H32Cl2N2O3. The molecule has 0 bridgehead atoms. The highest BCUT2D eigenvalue weighted by molar-refractivity contribution is 6.35. The van der Waals surface area contributed by atoms with Crippen LogP contribution in [0.2, 0.25) is 10.0 Å². The molecule has 36 heavy (non-hydrogen) atoms. The van der Waals surface area contributed by atoms with Crippen LogP contribution >= 0.6 is 23.2 Å². The van der Waals surface area contributed by atoms with E-state index >= 15 is 0 Å². The summed E-state index contributed by atoms with van der Waals surface area (Å²) in [6.45, 7) is 5.85. The highest BCUT2D eigenvalue weighted by Crippen LogP contribution is 2.24. The molecule has 0 aliphatic rings. The molecule has 0 unspecified atom stereocenters. The molecule has 190 valence electrons. The second-order valence-electron chi connectivity index (χ2n) is 8.88. The Labute approximate surface area is 223 Å². The molecule has 0 spiro atoms. The number of benzene rings is 3.